The quantitative estimate of drug-likeness (QED) is 0.173. The fourth-order valence-corrected chi connectivity index (χ4v) is 6.50. The molecule has 0 aliphatic heterocycles. The second kappa shape index (κ2) is 12.6. The number of benzene rings is 7. The fraction of sp³-hybridized carbons (Fsp3) is 0. The molecule has 0 amide bonds. The molecular formula is C45H30N4O. The van der Waals surface area contributed by atoms with Gasteiger partial charge in [-0.15, -0.1) is 0 Å². The molecule has 5 nitrogen and oxygen atoms in total. The van der Waals surface area contributed by atoms with Crippen molar-refractivity contribution < 1.29 is 4.42 Å². The lowest BCUT2D eigenvalue weighted by Crippen LogP contribution is -2.10. The summed E-state index contributed by atoms with van der Waals surface area (Å²) in [5.74, 6) is 1.83. The van der Waals surface area contributed by atoms with E-state index in [2.05, 4.69) is 108 Å². The summed E-state index contributed by atoms with van der Waals surface area (Å²) in [6.07, 6.45) is 0. The Morgan fingerprint density at radius 1 is 0.360 bits per heavy atom. The minimum absolute atomic E-state index is 0.587. The van der Waals surface area contributed by atoms with Gasteiger partial charge in [-0.2, -0.15) is 0 Å². The molecule has 0 bridgehead atoms. The molecule has 5 heteroatoms. The lowest BCUT2D eigenvalue weighted by atomic mass is 10.0. The number of hydrogen-bond donors (Lipinski definition) is 0. The minimum atomic E-state index is 0.587. The number of furan rings is 1. The van der Waals surface area contributed by atoms with E-state index in [9.17, 15) is 0 Å². The summed E-state index contributed by atoms with van der Waals surface area (Å²) in [5.41, 5.74) is 9.63. The van der Waals surface area contributed by atoms with Gasteiger partial charge in [-0.25, -0.2) is 15.0 Å². The molecule has 0 unspecified atom stereocenters. The normalized spacial score (nSPS) is 11.2. The Balaban J connectivity index is 1.20. The lowest BCUT2D eigenvalue weighted by molar-refractivity contribution is 0.669. The maximum Gasteiger partial charge on any atom is 0.164 e. The van der Waals surface area contributed by atoms with Crippen molar-refractivity contribution >= 4 is 39.0 Å². The van der Waals surface area contributed by atoms with Crippen LogP contribution in [0.2, 0.25) is 0 Å². The van der Waals surface area contributed by atoms with Crippen LogP contribution in [-0.2, 0) is 0 Å². The number of rotatable bonds is 7. The van der Waals surface area contributed by atoms with Gasteiger partial charge in [0.1, 0.15) is 5.58 Å². The second-order valence-electron chi connectivity index (χ2n) is 12.1. The summed E-state index contributed by atoms with van der Waals surface area (Å²) in [6.45, 7) is 0. The van der Waals surface area contributed by atoms with Gasteiger partial charge >= 0.3 is 0 Å². The third kappa shape index (κ3) is 5.47. The van der Waals surface area contributed by atoms with Crippen molar-refractivity contribution in [1.29, 1.82) is 0 Å². The predicted molar refractivity (Wildman–Crippen MR) is 204 cm³/mol. The Morgan fingerprint density at radius 2 is 0.880 bits per heavy atom. The molecule has 0 fully saturated rings. The predicted octanol–water partition coefficient (Wildman–Crippen LogP) is 11.9. The van der Waals surface area contributed by atoms with Crippen LogP contribution in [0.3, 0.4) is 0 Å². The third-order valence-corrected chi connectivity index (χ3v) is 8.90. The summed E-state index contributed by atoms with van der Waals surface area (Å²) >= 11 is 0. The maximum absolute atomic E-state index is 6.80. The zero-order valence-corrected chi connectivity index (χ0v) is 27.0. The summed E-state index contributed by atoms with van der Waals surface area (Å²) < 4.78 is 6.80. The first-order valence-electron chi connectivity index (χ1n) is 16.6. The van der Waals surface area contributed by atoms with Crippen LogP contribution in [0.5, 0.6) is 0 Å². The Morgan fingerprint density at radius 3 is 1.52 bits per heavy atom. The monoisotopic (exact) mass is 642 g/mol. The van der Waals surface area contributed by atoms with Crippen molar-refractivity contribution in [1.82, 2.24) is 15.0 Å². The number of aromatic nitrogens is 3. The van der Waals surface area contributed by atoms with E-state index >= 15 is 0 Å². The highest BCUT2D eigenvalue weighted by atomic mass is 16.3. The van der Waals surface area contributed by atoms with E-state index in [4.69, 9.17) is 19.4 Å². The van der Waals surface area contributed by atoms with Crippen LogP contribution in [0.25, 0.3) is 67.2 Å². The zero-order chi connectivity index (χ0) is 33.3. The molecule has 2 aromatic heterocycles. The molecule has 9 rings (SSSR count). The summed E-state index contributed by atoms with van der Waals surface area (Å²) in [7, 11) is 0. The average molecular weight is 643 g/mol. The van der Waals surface area contributed by atoms with Crippen molar-refractivity contribution in [3.05, 3.63) is 182 Å². The Labute approximate surface area is 289 Å². The van der Waals surface area contributed by atoms with Gasteiger partial charge in [-0.05, 0) is 53.6 Å². The van der Waals surface area contributed by atoms with E-state index in [1.807, 2.05) is 78.9 Å². The van der Waals surface area contributed by atoms with Crippen molar-refractivity contribution in [2.24, 2.45) is 0 Å². The van der Waals surface area contributed by atoms with E-state index in [0.717, 1.165) is 61.3 Å². The number of para-hydroxylation sites is 2. The highest BCUT2D eigenvalue weighted by Crippen LogP contribution is 2.43. The standard InChI is InChI=1S/C45H30N4O/c1-5-15-31(16-6-1)34-21-13-24-37(29-34)49(36-22-11-4-12-23-36)40-26-14-25-39-38-28-27-35(30-41(38)50-42(39)40)45-47-43(32-17-7-2-8-18-32)46-44(48-45)33-19-9-3-10-20-33/h1-30H. The van der Waals surface area contributed by atoms with E-state index in [0.29, 0.717) is 17.5 Å². The van der Waals surface area contributed by atoms with Gasteiger partial charge in [0.05, 0.1) is 5.69 Å². The number of hydrogen-bond acceptors (Lipinski definition) is 5. The summed E-state index contributed by atoms with van der Waals surface area (Å²) in [4.78, 5) is 17.0. The molecule has 0 atom stereocenters. The van der Waals surface area contributed by atoms with Crippen molar-refractivity contribution in [3.63, 3.8) is 0 Å². The van der Waals surface area contributed by atoms with Crippen molar-refractivity contribution in [2.75, 3.05) is 4.90 Å². The highest BCUT2D eigenvalue weighted by molar-refractivity contribution is 6.11. The summed E-state index contributed by atoms with van der Waals surface area (Å²) in [5, 5.41) is 2.06. The first kappa shape index (κ1) is 29.3. The second-order valence-corrected chi connectivity index (χ2v) is 12.1. The van der Waals surface area contributed by atoms with E-state index in [1.54, 1.807) is 0 Å². The van der Waals surface area contributed by atoms with Gasteiger partial charge in [0.25, 0.3) is 0 Å². The SMILES string of the molecule is c1ccc(-c2cccc(N(c3ccccc3)c3cccc4c3oc3cc(-c5nc(-c6ccccc6)nc(-c6ccccc6)n5)ccc34)c2)cc1. The Hall–Kier alpha value is -6.85. The maximum atomic E-state index is 6.80. The van der Waals surface area contributed by atoms with Gasteiger partial charge in [0, 0.05) is 38.8 Å². The van der Waals surface area contributed by atoms with Gasteiger partial charge < -0.3 is 9.32 Å². The topological polar surface area (TPSA) is 55.1 Å². The van der Waals surface area contributed by atoms with Gasteiger partial charge in [-0.1, -0.05) is 140 Å². The average Bonchev–Trinajstić information content (AvgIpc) is 3.58. The highest BCUT2D eigenvalue weighted by Gasteiger charge is 2.20. The lowest BCUT2D eigenvalue weighted by Gasteiger charge is -2.26. The zero-order valence-electron chi connectivity index (χ0n) is 27.0. The summed E-state index contributed by atoms with van der Waals surface area (Å²) in [6, 6.07) is 62.2. The molecule has 0 aliphatic rings. The molecule has 236 valence electrons. The van der Waals surface area contributed by atoms with Crippen molar-refractivity contribution in [3.8, 4) is 45.3 Å². The van der Waals surface area contributed by atoms with Crippen LogP contribution in [0.15, 0.2) is 186 Å². The number of fused-ring (bicyclic) bond motifs is 3. The molecule has 0 spiro atoms. The van der Waals surface area contributed by atoms with Crippen LogP contribution < -0.4 is 4.90 Å². The molecule has 2 heterocycles. The fourth-order valence-electron chi connectivity index (χ4n) is 6.50. The molecule has 0 radical (unpaired) electrons. The molecule has 7 aromatic carbocycles. The van der Waals surface area contributed by atoms with Crippen LogP contribution in [0.1, 0.15) is 0 Å². The molecule has 9 aromatic rings. The Kier molecular flexibility index (Phi) is 7.41. The van der Waals surface area contributed by atoms with Crippen molar-refractivity contribution in [2.45, 2.75) is 0 Å². The first-order valence-corrected chi connectivity index (χ1v) is 16.6. The third-order valence-electron chi connectivity index (χ3n) is 8.90. The van der Waals surface area contributed by atoms with Crippen LogP contribution >= 0.6 is 0 Å². The van der Waals surface area contributed by atoms with Crippen LogP contribution in [0, 0.1) is 0 Å². The van der Waals surface area contributed by atoms with Gasteiger partial charge in [0.2, 0.25) is 0 Å². The van der Waals surface area contributed by atoms with Gasteiger partial charge in [-0.3, -0.25) is 0 Å². The molecule has 0 saturated heterocycles. The molecule has 50 heavy (non-hydrogen) atoms. The molecule has 0 saturated carbocycles. The number of nitrogens with zero attached hydrogens (tertiary/aromatic N) is 4. The molecule has 0 aliphatic carbocycles. The Bertz CT molecular complexity index is 2530. The van der Waals surface area contributed by atoms with Crippen LogP contribution in [0.4, 0.5) is 17.1 Å². The largest absolute Gasteiger partial charge is 0.454 e. The van der Waals surface area contributed by atoms with Crippen LogP contribution in [-0.4, -0.2) is 15.0 Å². The smallest absolute Gasteiger partial charge is 0.164 e. The van der Waals surface area contributed by atoms with Gasteiger partial charge in [0.15, 0.2) is 23.1 Å². The molecular weight excluding hydrogens is 613 g/mol. The molecule has 0 N–H and O–H groups in total. The first-order chi connectivity index (χ1) is 24.8. The number of anilines is 3. The van der Waals surface area contributed by atoms with E-state index in [-0.39, 0.29) is 0 Å². The van der Waals surface area contributed by atoms with E-state index < -0.39 is 0 Å². The minimum Gasteiger partial charge on any atom is -0.454 e. The van der Waals surface area contributed by atoms with E-state index in [1.165, 1.54) is 5.56 Å².